The van der Waals surface area contributed by atoms with Crippen LogP contribution in [0.4, 0.5) is 11.5 Å². The second-order valence-electron chi connectivity index (χ2n) is 4.85. The number of hydrogen-bond donors (Lipinski definition) is 2. The Balaban J connectivity index is 2.03. The van der Waals surface area contributed by atoms with Gasteiger partial charge < -0.3 is 20.5 Å². The summed E-state index contributed by atoms with van der Waals surface area (Å²) in [6.45, 7) is 4.40. The van der Waals surface area contributed by atoms with Crippen molar-refractivity contribution in [2.24, 2.45) is 5.92 Å². The average Bonchev–Trinajstić information content (AvgIpc) is 2.47. The smallest absolute Gasteiger partial charge is 0.341 e. The molecule has 20 heavy (non-hydrogen) atoms. The van der Waals surface area contributed by atoms with E-state index in [1.54, 1.807) is 13.0 Å². The first-order valence-corrected chi connectivity index (χ1v) is 6.95. The Hall–Kier alpha value is -1.82. The predicted molar refractivity (Wildman–Crippen MR) is 76.6 cm³/mol. The molecule has 3 N–H and O–H groups in total. The highest BCUT2D eigenvalue weighted by atomic mass is 16.5. The van der Waals surface area contributed by atoms with Gasteiger partial charge in [-0.1, -0.05) is 0 Å². The number of carbonyl (C=O) groups excluding carboxylic acids is 1. The van der Waals surface area contributed by atoms with E-state index in [4.69, 9.17) is 15.2 Å². The second kappa shape index (κ2) is 7.09. The first kappa shape index (κ1) is 14.6. The van der Waals surface area contributed by atoms with Crippen LogP contribution in [0, 0.1) is 5.92 Å². The number of ether oxygens (including phenoxy) is 2. The van der Waals surface area contributed by atoms with Gasteiger partial charge in [0, 0.05) is 13.2 Å². The molecule has 0 saturated carbocycles. The number of nitrogens with one attached hydrogen (secondary N) is 1. The van der Waals surface area contributed by atoms with Crippen molar-refractivity contribution in [3.8, 4) is 0 Å². The summed E-state index contributed by atoms with van der Waals surface area (Å²) in [7, 11) is 0. The van der Waals surface area contributed by atoms with Crippen molar-refractivity contribution in [1.29, 1.82) is 0 Å². The zero-order chi connectivity index (χ0) is 14.4. The van der Waals surface area contributed by atoms with Crippen molar-refractivity contribution < 1.29 is 14.3 Å². The lowest BCUT2D eigenvalue weighted by molar-refractivity contribution is 0.0526. The Kier molecular flexibility index (Phi) is 5.17. The molecule has 1 saturated heterocycles. The van der Waals surface area contributed by atoms with E-state index in [1.165, 1.54) is 6.20 Å². The molecule has 1 aliphatic rings. The van der Waals surface area contributed by atoms with Gasteiger partial charge in [-0.05, 0) is 31.7 Å². The zero-order valence-electron chi connectivity index (χ0n) is 11.7. The van der Waals surface area contributed by atoms with Crippen LogP contribution in [0.3, 0.4) is 0 Å². The molecule has 1 atom stereocenters. The van der Waals surface area contributed by atoms with Crippen molar-refractivity contribution in [2.45, 2.75) is 19.8 Å². The number of hydrogen-bond acceptors (Lipinski definition) is 6. The number of esters is 1. The van der Waals surface area contributed by atoms with Crippen molar-refractivity contribution >= 4 is 17.5 Å². The van der Waals surface area contributed by atoms with E-state index in [1.807, 2.05) is 0 Å². The van der Waals surface area contributed by atoms with Gasteiger partial charge in [-0.25, -0.2) is 9.78 Å². The summed E-state index contributed by atoms with van der Waals surface area (Å²) in [4.78, 5) is 16.1. The Morgan fingerprint density at radius 2 is 2.50 bits per heavy atom. The lowest BCUT2D eigenvalue weighted by Gasteiger charge is -2.22. The molecule has 0 spiro atoms. The molecule has 2 rings (SSSR count). The molecule has 1 aliphatic heterocycles. The summed E-state index contributed by atoms with van der Waals surface area (Å²) in [5.74, 6) is 0.552. The molecule has 1 fully saturated rings. The normalized spacial score (nSPS) is 18.6. The fourth-order valence-corrected chi connectivity index (χ4v) is 2.20. The molecule has 110 valence electrons. The molecule has 0 radical (unpaired) electrons. The van der Waals surface area contributed by atoms with Crippen LogP contribution in [-0.4, -0.2) is 37.3 Å². The highest BCUT2D eigenvalue weighted by molar-refractivity contribution is 5.95. The number of nitrogens with zero attached hydrogens (tertiary/aromatic N) is 1. The predicted octanol–water partition coefficient (Wildman–Crippen LogP) is 1.68. The molecule has 6 nitrogen and oxygen atoms in total. The third-order valence-corrected chi connectivity index (χ3v) is 3.22. The van der Waals surface area contributed by atoms with E-state index in [-0.39, 0.29) is 0 Å². The molecule has 1 unspecified atom stereocenters. The SMILES string of the molecule is CCOC(=O)c1cc(N)cnc1NCC1CCCOC1. The average molecular weight is 279 g/mol. The number of nitrogens with two attached hydrogens (primary N) is 1. The van der Waals surface area contributed by atoms with Gasteiger partial charge in [-0.3, -0.25) is 0 Å². The lowest BCUT2D eigenvalue weighted by atomic mass is 10.0. The van der Waals surface area contributed by atoms with E-state index in [9.17, 15) is 4.79 Å². The number of rotatable bonds is 5. The van der Waals surface area contributed by atoms with Crippen LogP contribution in [0.15, 0.2) is 12.3 Å². The fraction of sp³-hybridized carbons (Fsp3) is 0.571. The first-order chi connectivity index (χ1) is 9.70. The Morgan fingerprint density at radius 1 is 1.65 bits per heavy atom. The monoisotopic (exact) mass is 279 g/mol. The summed E-state index contributed by atoms with van der Waals surface area (Å²) >= 11 is 0. The van der Waals surface area contributed by atoms with Crippen LogP contribution in [0.2, 0.25) is 0 Å². The van der Waals surface area contributed by atoms with Gasteiger partial charge in [0.05, 0.1) is 25.1 Å². The van der Waals surface area contributed by atoms with E-state index in [0.29, 0.717) is 29.6 Å². The van der Waals surface area contributed by atoms with Gasteiger partial charge in [0.2, 0.25) is 0 Å². The van der Waals surface area contributed by atoms with Crippen molar-refractivity contribution in [3.63, 3.8) is 0 Å². The summed E-state index contributed by atoms with van der Waals surface area (Å²) in [6.07, 6.45) is 3.73. The summed E-state index contributed by atoms with van der Waals surface area (Å²) in [5.41, 5.74) is 6.50. The Morgan fingerprint density at radius 3 is 3.20 bits per heavy atom. The van der Waals surface area contributed by atoms with E-state index in [2.05, 4.69) is 10.3 Å². The number of pyridine rings is 1. The molecule has 1 aromatic heterocycles. The maximum absolute atomic E-state index is 11.9. The third-order valence-electron chi connectivity index (χ3n) is 3.22. The summed E-state index contributed by atoms with van der Waals surface area (Å²) < 4.78 is 10.5. The van der Waals surface area contributed by atoms with Crippen molar-refractivity contribution in [2.75, 3.05) is 37.4 Å². The van der Waals surface area contributed by atoms with Gasteiger partial charge in [-0.2, -0.15) is 0 Å². The lowest BCUT2D eigenvalue weighted by Crippen LogP contribution is -2.25. The van der Waals surface area contributed by atoms with Crippen LogP contribution in [-0.2, 0) is 9.47 Å². The van der Waals surface area contributed by atoms with Crippen LogP contribution < -0.4 is 11.1 Å². The molecule has 1 aromatic rings. The van der Waals surface area contributed by atoms with E-state index < -0.39 is 5.97 Å². The molecular formula is C14H21N3O3. The molecule has 0 aromatic carbocycles. The number of carbonyl (C=O) groups is 1. The van der Waals surface area contributed by atoms with Gasteiger partial charge in [0.1, 0.15) is 11.4 Å². The maximum Gasteiger partial charge on any atom is 0.341 e. The Bertz CT molecular complexity index is 459. The highest BCUT2D eigenvalue weighted by Crippen LogP contribution is 2.19. The first-order valence-electron chi connectivity index (χ1n) is 6.95. The topological polar surface area (TPSA) is 86.5 Å². The quantitative estimate of drug-likeness (QED) is 0.797. The van der Waals surface area contributed by atoms with Crippen LogP contribution >= 0.6 is 0 Å². The van der Waals surface area contributed by atoms with Gasteiger partial charge in [0.25, 0.3) is 0 Å². The molecule has 0 bridgehead atoms. The van der Waals surface area contributed by atoms with Gasteiger partial charge >= 0.3 is 5.97 Å². The molecule has 0 aliphatic carbocycles. The largest absolute Gasteiger partial charge is 0.462 e. The van der Waals surface area contributed by atoms with Gasteiger partial charge in [-0.15, -0.1) is 0 Å². The fourth-order valence-electron chi connectivity index (χ4n) is 2.20. The summed E-state index contributed by atoms with van der Waals surface area (Å²) in [5, 5.41) is 3.20. The minimum absolute atomic E-state index is 0.323. The zero-order valence-corrected chi connectivity index (χ0v) is 11.7. The molecular weight excluding hydrogens is 258 g/mol. The number of nitrogen functional groups attached to an aromatic ring is 1. The number of anilines is 2. The number of aromatic nitrogens is 1. The molecule has 6 heteroatoms. The molecule has 0 amide bonds. The Labute approximate surface area is 118 Å². The maximum atomic E-state index is 11.9. The van der Waals surface area contributed by atoms with Crippen molar-refractivity contribution in [1.82, 2.24) is 4.98 Å². The standard InChI is InChI=1S/C14H21N3O3/c1-2-20-14(18)12-6-11(15)8-17-13(12)16-7-10-4-3-5-19-9-10/h6,8,10H,2-5,7,9,15H2,1H3,(H,16,17). The highest BCUT2D eigenvalue weighted by Gasteiger charge is 2.17. The van der Waals surface area contributed by atoms with E-state index in [0.717, 1.165) is 32.6 Å². The third kappa shape index (κ3) is 3.84. The summed E-state index contributed by atoms with van der Waals surface area (Å²) in [6, 6.07) is 1.59. The van der Waals surface area contributed by atoms with Crippen LogP contribution in [0.25, 0.3) is 0 Å². The second-order valence-corrected chi connectivity index (χ2v) is 4.85. The van der Waals surface area contributed by atoms with Crippen LogP contribution in [0.1, 0.15) is 30.1 Å². The van der Waals surface area contributed by atoms with Crippen molar-refractivity contribution in [3.05, 3.63) is 17.8 Å². The molecule has 2 heterocycles. The van der Waals surface area contributed by atoms with Gasteiger partial charge in [0.15, 0.2) is 0 Å². The van der Waals surface area contributed by atoms with E-state index >= 15 is 0 Å². The minimum Gasteiger partial charge on any atom is -0.462 e. The minimum atomic E-state index is -0.408. The van der Waals surface area contributed by atoms with Crippen LogP contribution in [0.5, 0.6) is 0 Å².